The van der Waals surface area contributed by atoms with E-state index in [-0.39, 0.29) is 18.9 Å². The van der Waals surface area contributed by atoms with Gasteiger partial charge in [0.15, 0.2) is 0 Å². The van der Waals surface area contributed by atoms with E-state index in [2.05, 4.69) is 33.5 Å². The first kappa shape index (κ1) is 14.5. The molecular formula is C7H19LiOSi2. The molecule has 0 radical (unpaired) electrons. The molecule has 0 aliphatic carbocycles. The Morgan fingerprint density at radius 1 is 1.27 bits per heavy atom. The summed E-state index contributed by atoms with van der Waals surface area (Å²) in [5.41, 5.74) is 1.54. The first-order chi connectivity index (χ1) is 4.45. The predicted octanol–water partition coefficient (Wildman–Crippen LogP) is -1.07. The van der Waals surface area contributed by atoms with E-state index >= 15 is 0 Å². The first-order valence-corrected chi connectivity index (χ1v) is 10.3. The summed E-state index contributed by atoms with van der Waals surface area (Å²) in [6.07, 6.45) is 0. The van der Waals surface area contributed by atoms with Gasteiger partial charge < -0.3 is 4.43 Å². The van der Waals surface area contributed by atoms with E-state index in [0.29, 0.717) is 0 Å². The number of rotatable bonds is 3. The molecule has 11 heavy (non-hydrogen) atoms. The Morgan fingerprint density at radius 3 is 1.64 bits per heavy atom. The van der Waals surface area contributed by atoms with Gasteiger partial charge in [-0.25, -0.2) is 0 Å². The van der Waals surface area contributed by atoms with Crippen LogP contribution >= 0.6 is 0 Å². The molecule has 0 amide bonds. The average molecular weight is 182 g/mol. The molecule has 0 rings (SSSR count). The molecule has 4 heteroatoms. The molecule has 0 aromatic heterocycles. The van der Waals surface area contributed by atoms with Crippen LogP contribution in [0.5, 0.6) is 0 Å². The zero-order chi connectivity index (χ0) is 8.36. The molecule has 0 aliphatic heterocycles. The zero-order valence-electron chi connectivity index (χ0n) is 8.99. The van der Waals surface area contributed by atoms with Crippen LogP contribution in [0.2, 0.25) is 19.6 Å². The molecule has 1 unspecified atom stereocenters. The van der Waals surface area contributed by atoms with Crippen LogP contribution in [0.4, 0.5) is 0 Å². The van der Waals surface area contributed by atoms with E-state index in [9.17, 15) is 0 Å². The van der Waals surface area contributed by atoms with Crippen LogP contribution in [0.25, 0.3) is 0 Å². The molecule has 0 bridgehead atoms. The van der Waals surface area contributed by atoms with Crippen LogP contribution in [0.3, 0.4) is 0 Å². The third-order valence-electron chi connectivity index (χ3n) is 2.52. The van der Waals surface area contributed by atoms with E-state index < -0.39 is 16.1 Å². The van der Waals surface area contributed by atoms with Crippen molar-refractivity contribution in [2.75, 3.05) is 7.11 Å². The van der Waals surface area contributed by atoms with Crippen LogP contribution in [0, 0.1) is 5.54 Å². The van der Waals surface area contributed by atoms with E-state index in [1.165, 1.54) is 5.54 Å². The Bertz CT molecular complexity index is 98.6. The Morgan fingerprint density at radius 2 is 1.64 bits per heavy atom. The monoisotopic (exact) mass is 182 g/mol. The molecular weight excluding hydrogens is 163 g/mol. The fourth-order valence-electron chi connectivity index (χ4n) is 1.02. The minimum atomic E-state index is -1.32. The summed E-state index contributed by atoms with van der Waals surface area (Å²) in [5.74, 6) is 0. The number of hydrogen-bond acceptors (Lipinski definition) is 1. The second-order valence-electron chi connectivity index (χ2n) is 3.47. The minimum Gasteiger partial charge on any atom is -0.455 e. The third kappa shape index (κ3) is 3.47. The van der Waals surface area contributed by atoms with Gasteiger partial charge in [-0.1, -0.05) is 19.6 Å². The van der Waals surface area contributed by atoms with E-state index in [1.54, 1.807) is 0 Å². The Hall–Kier alpha value is 0.991. The van der Waals surface area contributed by atoms with Crippen molar-refractivity contribution < 1.29 is 23.3 Å². The Labute approximate surface area is 85.6 Å². The molecule has 62 valence electrons. The molecule has 0 aliphatic rings. The summed E-state index contributed by atoms with van der Waals surface area (Å²) in [6, 6.07) is 0. The molecule has 1 nitrogen and oxygen atoms in total. The maximum absolute atomic E-state index is 5.62. The fourth-order valence-corrected chi connectivity index (χ4v) is 7.93. The van der Waals surface area contributed by atoms with Gasteiger partial charge in [-0.15, -0.1) is 0 Å². The van der Waals surface area contributed by atoms with Crippen molar-refractivity contribution in [2.45, 2.75) is 33.5 Å². The van der Waals surface area contributed by atoms with Crippen LogP contribution in [0.1, 0.15) is 13.8 Å². The van der Waals surface area contributed by atoms with Crippen molar-refractivity contribution in [1.82, 2.24) is 0 Å². The number of hydrogen-bond donors (Lipinski definition) is 0. The SMILES string of the molecule is CO[Si](C)([C-](C)C)[SiH](C)C.[Li+]. The second kappa shape index (κ2) is 5.60. The summed E-state index contributed by atoms with van der Waals surface area (Å²) < 4.78 is 5.62. The molecule has 0 spiro atoms. The Kier molecular flexibility index (Phi) is 7.39. The van der Waals surface area contributed by atoms with Gasteiger partial charge in [-0.2, -0.15) is 13.8 Å². The van der Waals surface area contributed by atoms with Gasteiger partial charge >= 0.3 is 18.9 Å². The molecule has 0 N–H and O–H groups in total. The van der Waals surface area contributed by atoms with E-state index in [4.69, 9.17) is 4.43 Å². The zero-order valence-corrected chi connectivity index (χ0v) is 11.1. The molecule has 1 atom stereocenters. The van der Waals surface area contributed by atoms with Gasteiger partial charge in [0, 0.05) is 23.3 Å². The van der Waals surface area contributed by atoms with Crippen molar-refractivity contribution >= 4 is 16.1 Å². The van der Waals surface area contributed by atoms with Crippen molar-refractivity contribution in [3.05, 3.63) is 5.54 Å². The van der Waals surface area contributed by atoms with Gasteiger partial charge in [0.05, 0.1) is 0 Å². The summed E-state index contributed by atoms with van der Waals surface area (Å²) in [7, 11) is -0.0340. The Balaban J connectivity index is 0. The van der Waals surface area contributed by atoms with Gasteiger partial charge in [0.2, 0.25) is 0 Å². The van der Waals surface area contributed by atoms with Crippen LogP contribution < -0.4 is 18.9 Å². The standard InChI is InChI=1S/C7H19OSi2.Li/c1-7(2)10(6,8-3)9(4)5;/h9H,1-6H3;/q-1;+1. The van der Waals surface area contributed by atoms with Crippen LogP contribution in [-0.4, -0.2) is 23.3 Å². The first-order valence-electron chi connectivity index (χ1n) is 3.81. The van der Waals surface area contributed by atoms with E-state index in [1.807, 2.05) is 7.11 Å². The largest absolute Gasteiger partial charge is 1.00 e. The fraction of sp³-hybridized carbons (Fsp3) is 0.857. The topological polar surface area (TPSA) is 9.23 Å². The summed E-state index contributed by atoms with van der Waals surface area (Å²) in [5, 5.41) is 0. The second-order valence-corrected chi connectivity index (χ2v) is 16.2. The predicted molar refractivity (Wildman–Crippen MR) is 52.1 cm³/mol. The summed E-state index contributed by atoms with van der Waals surface area (Å²) >= 11 is 0. The molecule has 0 aromatic carbocycles. The maximum atomic E-state index is 5.62. The smallest absolute Gasteiger partial charge is 0.455 e. The summed E-state index contributed by atoms with van der Waals surface area (Å²) in [6.45, 7) is 11.5. The van der Waals surface area contributed by atoms with Crippen molar-refractivity contribution in [1.29, 1.82) is 0 Å². The van der Waals surface area contributed by atoms with Crippen molar-refractivity contribution in [2.24, 2.45) is 0 Å². The molecule has 0 saturated carbocycles. The van der Waals surface area contributed by atoms with Gasteiger partial charge in [0.1, 0.15) is 0 Å². The van der Waals surface area contributed by atoms with Gasteiger partial charge in [-0.05, 0) is 0 Å². The van der Waals surface area contributed by atoms with Crippen molar-refractivity contribution in [3.63, 3.8) is 0 Å². The molecule has 0 fully saturated rings. The van der Waals surface area contributed by atoms with Crippen LogP contribution in [-0.2, 0) is 4.43 Å². The van der Waals surface area contributed by atoms with Crippen molar-refractivity contribution in [3.8, 4) is 0 Å². The van der Waals surface area contributed by atoms with Gasteiger partial charge in [-0.3, -0.25) is 5.54 Å². The maximum Gasteiger partial charge on any atom is 1.00 e. The quantitative estimate of drug-likeness (QED) is 0.399. The van der Waals surface area contributed by atoms with Crippen LogP contribution in [0.15, 0.2) is 0 Å². The minimum absolute atomic E-state index is 0. The third-order valence-corrected chi connectivity index (χ3v) is 16.6. The molecule has 0 heterocycles. The molecule has 0 saturated heterocycles. The molecule has 0 aromatic rings. The van der Waals surface area contributed by atoms with E-state index in [0.717, 1.165) is 0 Å². The summed E-state index contributed by atoms with van der Waals surface area (Å²) in [4.78, 5) is 0. The normalized spacial score (nSPS) is 16.4. The average Bonchev–Trinajstić information content (AvgIpc) is 1.85. The van der Waals surface area contributed by atoms with Gasteiger partial charge in [0.25, 0.3) is 0 Å².